The number of benzene rings is 3. The molecule has 0 aliphatic rings. The van der Waals surface area contributed by atoms with Gasteiger partial charge in [-0.15, -0.1) is 0 Å². The standard InChI is InChI=1S/C18H16N2O13S4/c1-10-3-4-16(11(2)5-10)34(23,24)19(20(21)22)15-8-13(35(25,26)27)6-12-7-14(36(28,29)30)9-17(18(12)15)37(31,32)33/h3-9H,1-2H3,(H,25,26,27)(H,28,29,30)(H,31,32,33). The summed E-state index contributed by atoms with van der Waals surface area (Å²) in [6, 6.07) is 5.02. The van der Waals surface area contributed by atoms with Crippen LogP contribution in [0, 0.1) is 24.0 Å². The third-order valence-corrected chi connectivity index (χ3v) is 9.34. The van der Waals surface area contributed by atoms with Crippen molar-refractivity contribution in [3.8, 4) is 0 Å². The molecule has 3 aromatic rings. The number of nitrogens with zero attached hydrogens (tertiary/aromatic N) is 2. The van der Waals surface area contributed by atoms with Crippen LogP contribution in [-0.2, 0) is 40.4 Å². The van der Waals surface area contributed by atoms with Crippen LogP contribution in [0.4, 0.5) is 5.69 Å². The van der Waals surface area contributed by atoms with E-state index in [1.807, 2.05) is 0 Å². The van der Waals surface area contributed by atoms with Gasteiger partial charge in [-0.2, -0.15) is 33.7 Å². The van der Waals surface area contributed by atoms with E-state index in [2.05, 4.69) is 0 Å². The van der Waals surface area contributed by atoms with Gasteiger partial charge in [-0.25, -0.2) is 10.1 Å². The van der Waals surface area contributed by atoms with Gasteiger partial charge >= 0.3 is 10.0 Å². The van der Waals surface area contributed by atoms with Gasteiger partial charge < -0.3 is 0 Å². The van der Waals surface area contributed by atoms with E-state index >= 15 is 0 Å². The molecule has 0 heterocycles. The summed E-state index contributed by atoms with van der Waals surface area (Å²) in [5.41, 5.74) is -0.690. The maximum Gasteiger partial charge on any atom is 0.318 e. The second-order valence-corrected chi connectivity index (χ2v) is 13.6. The van der Waals surface area contributed by atoms with Gasteiger partial charge in [0.25, 0.3) is 30.4 Å². The van der Waals surface area contributed by atoms with Crippen molar-refractivity contribution < 1.29 is 52.4 Å². The first kappa shape index (κ1) is 28.4. The van der Waals surface area contributed by atoms with Gasteiger partial charge in [0.1, 0.15) is 10.6 Å². The van der Waals surface area contributed by atoms with E-state index in [4.69, 9.17) is 0 Å². The molecule has 0 saturated carbocycles. The Bertz CT molecular complexity index is 1910. The topological polar surface area (TPSA) is 244 Å². The molecule has 3 aromatic carbocycles. The van der Waals surface area contributed by atoms with Crippen LogP contribution in [0.15, 0.2) is 62.0 Å². The van der Waals surface area contributed by atoms with Crippen molar-refractivity contribution in [3.63, 3.8) is 0 Å². The van der Waals surface area contributed by atoms with E-state index in [9.17, 15) is 57.4 Å². The molecule has 0 aromatic heterocycles. The molecule has 0 atom stereocenters. The number of aryl methyl sites for hydroxylation is 2. The number of anilines is 1. The van der Waals surface area contributed by atoms with Gasteiger partial charge in [0.15, 0.2) is 5.03 Å². The second kappa shape index (κ2) is 8.97. The predicted molar refractivity (Wildman–Crippen MR) is 126 cm³/mol. The highest BCUT2D eigenvalue weighted by molar-refractivity contribution is 7.92. The highest BCUT2D eigenvalue weighted by Crippen LogP contribution is 2.39. The lowest BCUT2D eigenvalue weighted by Crippen LogP contribution is -2.37. The lowest BCUT2D eigenvalue weighted by Gasteiger charge is -2.19. The Labute approximate surface area is 210 Å². The van der Waals surface area contributed by atoms with Crippen molar-refractivity contribution in [1.29, 1.82) is 0 Å². The van der Waals surface area contributed by atoms with Gasteiger partial charge in [0.05, 0.1) is 14.7 Å². The summed E-state index contributed by atoms with van der Waals surface area (Å²) in [4.78, 5) is 7.63. The van der Waals surface area contributed by atoms with Crippen LogP contribution in [-0.4, -0.2) is 52.4 Å². The van der Waals surface area contributed by atoms with E-state index in [-0.39, 0.29) is 17.7 Å². The summed E-state index contributed by atoms with van der Waals surface area (Å²) >= 11 is 0. The van der Waals surface area contributed by atoms with E-state index in [0.717, 1.165) is 6.07 Å². The van der Waals surface area contributed by atoms with E-state index in [1.54, 1.807) is 6.92 Å². The van der Waals surface area contributed by atoms with Gasteiger partial charge in [-0.05, 0) is 55.1 Å². The van der Waals surface area contributed by atoms with Crippen LogP contribution in [0.2, 0.25) is 0 Å². The Kier molecular flexibility index (Phi) is 6.88. The summed E-state index contributed by atoms with van der Waals surface area (Å²) < 4.78 is 126. The molecule has 19 heteroatoms. The maximum atomic E-state index is 13.4. The summed E-state index contributed by atoms with van der Waals surface area (Å²) in [5, 5.41) is 8.73. The largest absolute Gasteiger partial charge is 0.318 e. The fourth-order valence-corrected chi connectivity index (χ4v) is 6.92. The van der Waals surface area contributed by atoms with Crippen molar-refractivity contribution in [3.05, 3.63) is 63.7 Å². The fourth-order valence-electron chi connectivity index (χ4n) is 3.54. The molecule has 15 nitrogen and oxygen atoms in total. The van der Waals surface area contributed by atoms with Crippen molar-refractivity contribution >= 4 is 56.8 Å². The minimum Gasteiger partial charge on any atom is -0.282 e. The second-order valence-electron chi connectivity index (χ2n) is 7.64. The van der Waals surface area contributed by atoms with Gasteiger partial charge in [-0.1, -0.05) is 17.7 Å². The molecule has 0 spiro atoms. The Hall–Kier alpha value is -3.20. The number of hydrogen-bond donors (Lipinski definition) is 3. The first-order valence-electron chi connectivity index (χ1n) is 9.47. The van der Waals surface area contributed by atoms with Gasteiger partial charge in [0.2, 0.25) is 0 Å². The molecule has 3 rings (SSSR count). The average molecular weight is 597 g/mol. The average Bonchev–Trinajstić information content (AvgIpc) is 2.69. The lowest BCUT2D eigenvalue weighted by atomic mass is 10.1. The molecular formula is C18H16N2O13S4. The molecule has 0 radical (unpaired) electrons. The number of hydrazine groups is 1. The zero-order chi connectivity index (χ0) is 28.3. The molecule has 0 unspecified atom stereocenters. The van der Waals surface area contributed by atoms with Crippen molar-refractivity contribution in [2.45, 2.75) is 33.4 Å². The van der Waals surface area contributed by atoms with Gasteiger partial charge in [0, 0.05) is 9.80 Å². The van der Waals surface area contributed by atoms with E-state index < -0.39 is 85.9 Å². The summed E-state index contributed by atoms with van der Waals surface area (Å²) in [7, 11) is -21.2. The Morgan fingerprint density at radius 3 is 1.68 bits per heavy atom. The molecule has 0 aliphatic carbocycles. The Morgan fingerprint density at radius 2 is 1.24 bits per heavy atom. The number of sulfonamides is 1. The molecule has 0 amide bonds. The van der Waals surface area contributed by atoms with E-state index in [1.165, 1.54) is 19.1 Å². The smallest absolute Gasteiger partial charge is 0.282 e. The number of nitro groups is 1. The quantitative estimate of drug-likeness (QED) is 0.199. The van der Waals surface area contributed by atoms with Crippen LogP contribution < -0.4 is 4.41 Å². The SMILES string of the molecule is Cc1ccc(S(=O)(=O)N(c2cc(S(=O)(=O)O)cc3cc(S(=O)(=O)O)cc(S(=O)(=O)O)c23)[N+](=O)[O-])c(C)c1. The zero-order valence-electron chi connectivity index (χ0n) is 18.5. The van der Waals surface area contributed by atoms with Crippen LogP contribution >= 0.6 is 0 Å². The van der Waals surface area contributed by atoms with Crippen molar-refractivity contribution in [2.75, 3.05) is 4.41 Å². The molecular weight excluding hydrogens is 580 g/mol. The third-order valence-electron chi connectivity index (χ3n) is 5.00. The maximum absolute atomic E-state index is 13.4. The number of fused-ring (bicyclic) bond motifs is 1. The third kappa shape index (κ3) is 5.42. The Balaban J connectivity index is 2.65. The van der Waals surface area contributed by atoms with Crippen LogP contribution in [0.1, 0.15) is 11.1 Å². The summed E-state index contributed by atoms with van der Waals surface area (Å²) in [6.45, 7) is 2.90. The Morgan fingerprint density at radius 1 is 0.730 bits per heavy atom. The minimum atomic E-state index is -5.50. The molecule has 0 aliphatic heterocycles. The van der Waals surface area contributed by atoms with Gasteiger partial charge in [-0.3, -0.25) is 13.7 Å². The molecule has 37 heavy (non-hydrogen) atoms. The predicted octanol–water partition coefficient (Wildman–Crippen LogP) is 1.58. The minimum absolute atomic E-state index is 0.0192. The van der Waals surface area contributed by atoms with Crippen molar-refractivity contribution in [1.82, 2.24) is 0 Å². The summed E-state index contributed by atoms with van der Waals surface area (Å²) in [6.07, 6.45) is 0. The number of rotatable bonds is 7. The van der Waals surface area contributed by atoms with Crippen molar-refractivity contribution in [2.24, 2.45) is 0 Å². The first-order chi connectivity index (χ1) is 16.7. The van der Waals surface area contributed by atoms with Crippen LogP contribution in [0.3, 0.4) is 0 Å². The number of hydrogen-bond acceptors (Lipinski definition) is 10. The highest BCUT2D eigenvalue weighted by Gasteiger charge is 2.39. The monoisotopic (exact) mass is 596 g/mol. The van der Waals surface area contributed by atoms with Crippen LogP contribution in [0.5, 0.6) is 0 Å². The molecule has 0 fully saturated rings. The molecule has 0 bridgehead atoms. The zero-order valence-corrected chi connectivity index (χ0v) is 21.8. The highest BCUT2D eigenvalue weighted by atomic mass is 32.2. The normalized spacial score (nSPS) is 13.0. The summed E-state index contributed by atoms with van der Waals surface area (Å²) in [5.74, 6) is 0. The molecule has 0 saturated heterocycles. The first-order valence-corrected chi connectivity index (χ1v) is 15.2. The molecule has 3 N–H and O–H groups in total. The lowest BCUT2D eigenvalue weighted by molar-refractivity contribution is -0.474. The molecule has 200 valence electrons. The fraction of sp³-hybridized carbons (Fsp3) is 0.111. The van der Waals surface area contributed by atoms with E-state index in [0.29, 0.717) is 17.7 Å². The van der Waals surface area contributed by atoms with Crippen LogP contribution in [0.25, 0.3) is 10.8 Å².